The highest BCUT2D eigenvalue weighted by Gasteiger charge is 2.45. The van der Waals surface area contributed by atoms with Crippen molar-refractivity contribution in [2.75, 3.05) is 5.75 Å². The van der Waals surface area contributed by atoms with E-state index in [1.807, 2.05) is 13.8 Å². The Morgan fingerprint density at radius 1 is 1.19 bits per heavy atom. The number of carbonyl (C=O) groups excluding carboxylic acids is 1. The van der Waals surface area contributed by atoms with Gasteiger partial charge in [0.1, 0.15) is 5.82 Å². The summed E-state index contributed by atoms with van der Waals surface area (Å²) in [4.78, 5) is 14.1. The number of hydrogen-bond donors (Lipinski definition) is 1. The van der Waals surface area contributed by atoms with Gasteiger partial charge in [-0.15, -0.1) is 11.8 Å². The van der Waals surface area contributed by atoms with Crippen molar-refractivity contribution in [1.29, 1.82) is 0 Å². The smallest absolute Gasteiger partial charge is 0.361 e. The topological polar surface area (TPSA) is 29.1 Å². The fourth-order valence-electron chi connectivity index (χ4n) is 4.05. The summed E-state index contributed by atoms with van der Waals surface area (Å²) in [5.74, 6) is -1.08. The number of dihydropyridines is 1. The van der Waals surface area contributed by atoms with Crippen LogP contribution in [0.5, 0.6) is 0 Å². The average Bonchev–Trinajstić information content (AvgIpc) is 3.04. The fourth-order valence-corrected chi connectivity index (χ4v) is 5.32. The van der Waals surface area contributed by atoms with Crippen LogP contribution in [-0.4, -0.2) is 11.5 Å². The van der Waals surface area contributed by atoms with Crippen molar-refractivity contribution >= 4 is 17.5 Å². The molecule has 2 aliphatic heterocycles. The first-order chi connectivity index (χ1) is 12.6. The number of ketones is 1. The summed E-state index contributed by atoms with van der Waals surface area (Å²) < 4.78 is 53.5. The van der Waals surface area contributed by atoms with E-state index >= 15 is 0 Å². The van der Waals surface area contributed by atoms with Gasteiger partial charge in [0.05, 0.1) is 5.56 Å². The standard InChI is InChI=1S/C20H19F4NOS/c1-19(2)7-5-13-16(18(19)26)15(17-14(25-13)6-8-27-17)10-3-4-12(21)11(9-10)20(22,23)24/h3-4,9,15,25H,5-8H2,1-2H3. The van der Waals surface area contributed by atoms with Crippen LogP contribution in [0.25, 0.3) is 0 Å². The third kappa shape index (κ3) is 3.00. The van der Waals surface area contributed by atoms with E-state index in [0.717, 1.165) is 40.6 Å². The minimum Gasteiger partial charge on any atom is -0.361 e. The lowest BCUT2D eigenvalue weighted by Gasteiger charge is -2.39. The molecule has 7 heteroatoms. The largest absolute Gasteiger partial charge is 0.419 e. The van der Waals surface area contributed by atoms with Gasteiger partial charge in [-0.3, -0.25) is 4.79 Å². The highest BCUT2D eigenvalue weighted by molar-refractivity contribution is 8.03. The Hall–Kier alpha value is -1.76. The Bertz CT molecular complexity index is 898. The van der Waals surface area contributed by atoms with Gasteiger partial charge in [0.25, 0.3) is 0 Å². The number of carbonyl (C=O) groups is 1. The van der Waals surface area contributed by atoms with Crippen LogP contribution in [0.1, 0.15) is 50.2 Å². The maximum absolute atomic E-state index is 13.8. The van der Waals surface area contributed by atoms with Crippen molar-refractivity contribution < 1.29 is 22.4 Å². The molecule has 0 bridgehead atoms. The zero-order valence-electron chi connectivity index (χ0n) is 15.0. The minimum absolute atomic E-state index is 0.0433. The molecule has 3 aliphatic rings. The van der Waals surface area contributed by atoms with Crippen molar-refractivity contribution in [3.63, 3.8) is 0 Å². The van der Waals surface area contributed by atoms with Gasteiger partial charge in [0.2, 0.25) is 0 Å². The number of Topliss-reactive ketones (excluding diaryl/α,β-unsaturated/α-hetero) is 1. The second-order valence-electron chi connectivity index (χ2n) is 7.84. The van der Waals surface area contributed by atoms with Crippen LogP contribution < -0.4 is 5.32 Å². The molecular formula is C20H19F4NOS. The maximum atomic E-state index is 13.8. The molecule has 0 aromatic heterocycles. The SMILES string of the molecule is CC1(C)CCC2=C(C1=O)C(c1ccc(F)c(C(F)(F)F)c1)C1=C(CCS1)N2. The van der Waals surface area contributed by atoms with Gasteiger partial charge in [-0.25, -0.2) is 4.39 Å². The van der Waals surface area contributed by atoms with Crippen molar-refractivity contribution in [3.05, 3.63) is 57.0 Å². The number of halogens is 4. The van der Waals surface area contributed by atoms with Crippen LogP contribution in [0.2, 0.25) is 0 Å². The monoisotopic (exact) mass is 397 g/mol. The molecule has 4 rings (SSSR count). The Kier molecular flexibility index (Phi) is 4.22. The molecular weight excluding hydrogens is 378 g/mol. The third-order valence-corrected chi connectivity index (χ3v) is 6.77. The molecule has 1 aromatic rings. The summed E-state index contributed by atoms with van der Waals surface area (Å²) in [6.07, 6.45) is -2.62. The number of alkyl halides is 3. The first kappa shape index (κ1) is 18.6. The van der Waals surface area contributed by atoms with Crippen molar-refractivity contribution in [1.82, 2.24) is 5.32 Å². The molecule has 1 unspecified atom stereocenters. The number of allylic oxidation sites excluding steroid dienone is 4. The summed E-state index contributed by atoms with van der Waals surface area (Å²) in [7, 11) is 0. The molecule has 1 aromatic carbocycles. The summed E-state index contributed by atoms with van der Waals surface area (Å²) in [5.41, 5.74) is 0.809. The van der Waals surface area contributed by atoms with Crippen LogP contribution in [0.15, 0.2) is 40.1 Å². The van der Waals surface area contributed by atoms with Gasteiger partial charge in [0.15, 0.2) is 5.78 Å². The molecule has 144 valence electrons. The van der Waals surface area contributed by atoms with Crippen LogP contribution in [-0.2, 0) is 11.0 Å². The molecule has 0 saturated heterocycles. The summed E-state index contributed by atoms with van der Waals surface area (Å²) in [6.45, 7) is 3.74. The normalized spacial score (nSPS) is 24.7. The molecule has 0 spiro atoms. The van der Waals surface area contributed by atoms with Gasteiger partial charge < -0.3 is 5.32 Å². The van der Waals surface area contributed by atoms with Gasteiger partial charge >= 0.3 is 6.18 Å². The molecule has 1 N–H and O–H groups in total. The van der Waals surface area contributed by atoms with Crippen LogP contribution in [0.4, 0.5) is 17.6 Å². The summed E-state index contributed by atoms with van der Waals surface area (Å²) in [5, 5.41) is 3.36. The van der Waals surface area contributed by atoms with E-state index in [-0.39, 0.29) is 5.78 Å². The second kappa shape index (κ2) is 6.12. The molecule has 0 fully saturated rings. The quantitative estimate of drug-likeness (QED) is 0.633. The van der Waals surface area contributed by atoms with Crippen molar-refractivity contribution in [2.24, 2.45) is 5.41 Å². The van der Waals surface area contributed by atoms with Crippen molar-refractivity contribution in [3.8, 4) is 0 Å². The first-order valence-corrected chi connectivity index (χ1v) is 9.85. The van der Waals surface area contributed by atoms with Gasteiger partial charge in [-0.2, -0.15) is 13.2 Å². The van der Waals surface area contributed by atoms with Crippen LogP contribution >= 0.6 is 11.8 Å². The number of hydrogen-bond acceptors (Lipinski definition) is 3. The highest BCUT2D eigenvalue weighted by atomic mass is 32.2. The van der Waals surface area contributed by atoms with E-state index in [4.69, 9.17) is 0 Å². The molecule has 1 aliphatic carbocycles. The highest BCUT2D eigenvalue weighted by Crippen LogP contribution is 2.52. The van der Waals surface area contributed by atoms with Crippen molar-refractivity contribution in [2.45, 2.75) is 45.2 Å². The Balaban J connectivity index is 1.89. The molecule has 0 saturated carbocycles. The van der Waals surface area contributed by atoms with Gasteiger partial charge in [-0.05, 0) is 37.0 Å². The van der Waals surface area contributed by atoms with E-state index < -0.39 is 28.9 Å². The third-order valence-electron chi connectivity index (χ3n) is 5.57. The molecule has 0 radical (unpaired) electrons. The summed E-state index contributed by atoms with van der Waals surface area (Å²) in [6, 6.07) is 3.11. The van der Waals surface area contributed by atoms with Gasteiger partial charge in [-0.1, -0.05) is 19.9 Å². The molecule has 0 amide bonds. The minimum atomic E-state index is -4.78. The number of thioether (sulfide) groups is 1. The molecule has 1 atom stereocenters. The lowest BCUT2D eigenvalue weighted by atomic mass is 9.69. The first-order valence-electron chi connectivity index (χ1n) is 8.87. The predicted molar refractivity (Wildman–Crippen MR) is 96.4 cm³/mol. The lowest BCUT2D eigenvalue weighted by Crippen LogP contribution is -2.38. The zero-order valence-corrected chi connectivity index (χ0v) is 15.8. The van der Waals surface area contributed by atoms with E-state index in [2.05, 4.69) is 5.32 Å². The van der Waals surface area contributed by atoms with E-state index in [0.29, 0.717) is 24.0 Å². The van der Waals surface area contributed by atoms with E-state index in [9.17, 15) is 22.4 Å². The lowest BCUT2D eigenvalue weighted by molar-refractivity contribution is -0.140. The number of nitrogens with one attached hydrogen (secondary N) is 1. The molecule has 27 heavy (non-hydrogen) atoms. The van der Waals surface area contributed by atoms with Crippen LogP contribution in [0.3, 0.4) is 0 Å². The maximum Gasteiger partial charge on any atom is 0.419 e. The second-order valence-corrected chi connectivity index (χ2v) is 8.98. The van der Waals surface area contributed by atoms with E-state index in [1.54, 1.807) is 11.8 Å². The number of rotatable bonds is 1. The Labute approximate surface area is 159 Å². The zero-order chi connectivity index (χ0) is 19.6. The Morgan fingerprint density at radius 2 is 1.93 bits per heavy atom. The van der Waals surface area contributed by atoms with Gasteiger partial charge in [0, 0.05) is 39.0 Å². The fraction of sp³-hybridized carbons (Fsp3) is 0.450. The summed E-state index contributed by atoms with van der Waals surface area (Å²) >= 11 is 1.56. The predicted octanol–water partition coefficient (Wildman–Crippen LogP) is 5.52. The molecule has 2 heterocycles. The van der Waals surface area contributed by atoms with E-state index in [1.165, 1.54) is 6.07 Å². The Morgan fingerprint density at radius 3 is 2.63 bits per heavy atom. The van der Waals surface area contributed by atoms with Crippen LogP contribution in [0, 0.1) is 11.2 Å². The number of benzene rings is 1. The average molecular weight is 397 g/mol. The molecule has 2 nitrogen and oxygen atoms in total.